The van der Waals surface area contributed by atoms with E-state index >= 15 is 0 Å². The minimum absolute atomic E-state index is 0.00412. The minimum Gasteiger partial charge on any atom is -0.473 e. The lowest BCUT2D eigenvalue weighted by Gasteiger charge is -2.31. The molecule has 1 saturated heterocycles. The van der Waals surface area contributed by atoms with Gasteiger partial charge in [0.2, 0.25) is 5.88 Å². The molecule has 0 atom stereocenters. The highest BCUT2D eigenvalue weighted by atomic mass is 16.5. The fraction of sp³-hybridized carbons (Fsp3) is 0.227. The van der Waals surface area contributed by atoms with Crippen LogP contribution >= 0.6 is 0 Å². The molecule has 3 aromatic heterocycles. The Morgan fingerprint density at radius 1 is 1.03 bits per heavy atom. The fourth-order valence-electron chi connectivity index (χ4n) is 3.61. The Morgan fingerprint density at radius 3 is 2.58 bits per heavy atom. The van der Waals surface area contributed by atoms with Crippen LogP contribution in [0.15, 0.2) is 67.0 Å². The van der Waals surface area contributed by atoms with Crippen LogP contribution in [0.5, 0.6) is 5.88 Å². The summed E-state index contributed by atoms with van der Waals surface area (Å²) in [6, 6.07) is 17.0. The first kappa shape index (κ1) is 19.0. The first-order valence-corrected chi connectivity index (χ1v) is 10.2. The number of ether oxygens (including phenoxy) is 1. The second kappa shape index (κ2) is 8.39. The Balaban J connectivity index is 1.16. The van der Waals surface area contributed by atoms with E-state index in [1.165, 1.54) is 0 Å². The highest BCUT2D eigenvalue weighted by Gasteiger charge is 2.26. The zero-order valence-electron chi connectivity index (χ0n) is 16.8. The van der Waals surface area contributed by atoms with Crippen LogP contribution in [0.25, 0.3) is 17.1 Å². The van der Waals surface area contributed by atoms with Crippen LogP contribution in [0.1, 0.15) is 23.3 Å². The number of likely N-dealkylation sites (tertiary alicyclic amines) is 1. The van der Waals surface area contributed by atoms with Gasteiger partial charge in [-0.3, -0.25) is 9.89 Å². The predicted octanol–water partition coefficient (Wildman–Crippen LogP) is 2.74. The molecule has 0 radical (unpaired) electrons. The van der Waals surface area contributed by atoms with E-state index in [-0.39, 0.29) is 12.0 Å². The molecule has 0 saturated carbocycles. The van der Waals surface area contributed by atoms with Crippen LogP contribution < -0.4 is 4.74 Å². The summed E-state index contributed by atoms with van der Waals surface area (Å²) in [4.78, 5) is 14.7. The van der Waals surface area contributed by atoms with Gasteiger partial charge in [0.25, 0.3) is 5.91 Å². The van der Waals surface area contributed by atoms with Crippen molar-refractivity contribution in [2.45, 2.75) is 18.9 Å². The Hall–Kier alpha value is -4.01. The van der Waals surface area contributed by atoms with Crippen molar-refractivity contribution < 1.29 is 9.53 Å². The van der Waals surface area contributed by atoms with E-state index in [4.69, 9.17) is 4.74 Å². The van der Waals surface area contributed by atoms with Gasteiger partial charge in [0.05, 0.1) is 5.69 Å². The summed E-state index contributed by atoms with van der Waals surface area (Å²) in [6.45, 7) is 1.23. The Morgan fingerprint density at radius 2 is 1.87 bits per heavy atom. The highest BCUT2D eigenvalue weighted by molar-refractivity contribution is 5.93. The third kappa shape index (κ3) is 4.16. The number of benzene rings is 1. The van der Waals surface area contributed by atoms with Gasteiger partial charge in [-0.1, -0.05) is 30.3 Å². The fourth-order valence-corrected chi connectivity index (χ4v) is 3.61. The number of rotatable bonds is 5. The van der Waals surface area contributed by atoms with E-state index in [0.29, 0.717) is 30.5 Å². The normalized spacial score (nSPS) is 14.5. The van der Waals surface area contributed by atoms with Crippen LogP contribution in [0.2, 0.25) is 0 Å². The smallest absolute Gasteiger partial charge is 0.271 e. The van der Waals surface area contributed by atoms with Crippen LogP contribution in [0.3, 0.4) is 0 Å². The third-order valence-electron chi connectivity index (χ3n) is 5.26. The lowest BCUT2D eigenvalue weighted by Crippen LogP contribution is -2.42. The largest absolute Gasteiger partial charge is 0.473 e. The number of amides is 1. The molecule has 1 aliphatic heterocycles. The van der Waals surface area contributed by atoms with E-state index in [1.807, 2.05) is 47.4 Å². The molecule has 0 unspecified atom stereocenters. The first-order chi connectivity index (χ1) is 15.3. The minimum atomic E-state index is -0.0449. The molecule has 9 heteroatoms. The number of carbonyl (C=O) groups excluding carboxylic acids is 1. The quantitative estimate of drug-likeness (QED) is 0.538. The number of hydrogen-bond donors (Lipinski definition) is 1. The van der Waals surface area contributed by atoms with Crippen molar-refractivity contribution >= 4 is 5.91 Å². The zero-order chi connectivity index (χ0) is 21.0. The number of piperidine rings is 1. The van der Waals surface area contributed by atoms with Crippen molar-refractivity contribution in [2.75, 3.05) is 13.1 Å². The average Bonchev–Trinajstić information content (AvgIpc) is 3.53. The number of aromatic amines is 1. The molecule has 1 aliphatic rings. The number of nitrogens with one attached hydrogen (secondary N) is 1. The van der Waals surface area contributed by atoms with Gasteiger partial charge in [-0.25, -0.2) is 4.68 Å². The van der Waals surface area contributed by atoms with Crippen LogP contribution in [-0.4, -0.2) is 60.2 Å². The molecule has 1 N–H and O–H groups in total. The molecule has 5 rings (SSSR count). The molecule has 4 aromatic rings. The van der Waals surface area contributed by atoms with Crippen molar-refractivity contribution in [3.63, 3.8) is 0 Å². The van der Waals surface area contributed by atoms with E-state index < -0.39 is 0 Å². The highest BCUT2D eigenvalue weighted by Crippen LogP contribution is 2.21. The second-order valence-electron chi connectivity index (χ2n) is 7.32. The number of carbonyl (C=O) groups is 1. The molecule has 9 nitrogen and oxygen atoms in total. The number of H-pyrrole nitrogens is 1. The Labute approximate surface area is 178 Å². The molecule has 156 valence electrons. The van der Waals surface area contributed by atoms with Gasteiger partial charge in [-0.15, -0.1) is 10.2 Å². The molecule has 0 bridgehead atoms. The van der Waals surface area contributed by atoms with Crippen molar-refractivity contribution in [3.8, 4) is 23.0 Å². The first-order valence-electron chi connectivity index (χ1n) is 10.2. The lowest BCUT2D eigenvalue weighted by molar-refractivity contribution is 0.0580. The summed E-state index contributed by atoms with van der Waals surface area (Å²) in [5.74, 6) is 1.06. The van der Waals surface area contributed by atoms with Gasteiger partial charge >= 0.3 is 0 Å². The number of aromatic nitrogens is 6. The maximum Gasteiger partial charge on any atom is 0.271 e. The molecule has 1 fully saturated rings. The molecule has 1 amide bonds. The summed E-state index contributed by atoms with van der Waals surface area (Å²) in [6.07, 6.45) is 4.95. The van der Waals surface area contributed by atoms with E-state index in [2.05, 4.69) is 25.5 Å². The number of nitrogens with zero attached hydrogens (tertiary/aromatic N) is 6. The Bertz CT molecular complexity index is 1130. The van der Waals surface area contributed by atoms with Crippen molar-refractivity contribution in [1.29, 1.82) is 0 Å². The molecule has 0 aliphatic carbocycles. The molecular weight excluding hydrogens is 394 g/mol. The molecule has 1 aromatic carbocycles. The summed E-state index contributed by atoms with van der Waals surface area (Å²) < 4.78 is 7.60. The third-order valence-corrected chi connectivity index (χ3v) is 5.26. The van der Waals surface area contributed by atoms with Crippen LogP contribution in [0.4, 0.5) is 0 Å². The topological polar surface area (TPSA) is 102 Å². The van der Waals surface area contributed by atoms with Gasteiger partial charge in [-0.2, -0.15) is 10.2 Å². The second-order valence-corrected chi connectivity index (χ2v) is 7.32. The summed E-state index contributed by atoms with van der Waals surface area (Å²) >= 11 is 0. The SMILES string of the molecule is O=C(c1cc(-c2ccccc2)n[nH]1)N1CCC(Oc2ccc(-n3cccn3)nn2)CC1. The summed E-state index contributed by atoms with van der Waals surface area (Å²) in [7, 11) is 0. The molecular formula is C22H21N7O2. The maximum absolute atomic E-state index is 12.8. The van der Waals surface area contributed by atoms with E-state index in [0.717, 1.165) is 24.1 Å². The van der Waals surface area contributed by atoms with Gasteiger partial charge in [-0.05, 0) is 18.2 Å². The average molecular weight is 415 g/mol. The molecule has 4 heterocycles. The van der Waals surface area contributed by atoms with Gasteiger partial charge in [0.15, 0.2) is 5.82 Å². The standard InChI is InChI=1S/C22H21N7O2/c30-22(19-15-18(24-25-19)16-5-2-1-3-6-16)28-13-9-17(10-14-28)31-21-8-7-20(26-27-21)29-12-4-11-23-29/h1-8,11-12,15,17H,9-10,13-14H2,(H,24,25). The Kier molecular flexibility index (Phi) is 5.14. The molecule has 31 heavy (non-hydrogen) atoms. The predicted molar refractivity (Wildman–Crippen MR) is 113 cm³/mol. The van der Waals surface area contributed by atoms with Gasteiger partial charge < -0.3 is 9.64 Å². The molecule has 0 spiro atoms. The maximum atomic E-state index is 12.8. The monoisotopic (exact) mass is 415 g/mol. The van der Waals surface area contributed by atoms with Crippen molar-refractivity contribution in [1.82, 2.24) is 35.1 Å². The zero-order valence-corrected chi connectivity index (χ0v) is 16.8. The van der Waals surface area contributed by atoms with E-state index in [1.54, 1.807) is 29.2 Å². The van der Waals surface area contributed by atoms with Crippen LogP contribution in [0, 0.1) is 0 Å². The van der Waals surface area contributed by atoms with Crippen molar-refractivity contribution in [3.05, 3.63) is 72.7 Å². The number of hydrogen-bond acceptors (Lipinski definition) is 6. The summed E-state index contributed by atoms with van der Waals surface area (Å²) in [5.41, 5.74) is 2.24. The summed E-state index contributed by atoms with van der Waals surface area (Å²) in [5, 5.41) is 19.6. The van der Waals surface area contributed by atoms with Crippen LogP contribution in [-0.2, 0) is 0 Å². The lowest BCUT2D eigenvalue weighted by atomic mass is 10.1. The van der Waals surface area contributed by atoms with Gasteiger partial charge in [0, 0.05) is 50.0 Å². The van der Waals surface area contributed by atoms with Crippen molar-refractivity contribution in [2.24, 2.45) is 0 Å². The van der Waals surface area contributed by atoms with E-state index in [9.17, 15) is 4.79 Å². The van der Waals surface area contributed by atoms with Gasteiger partial charge in [0.1, 0.15) is 11.8 Å².